The van der Waals surface area contributed by atoms with Crippen LogP contribution in [-0.2, 0) is 11.2 Å². The first-order valence-electron chi connectivity index (χ1n) is 6.52. The van der Waals surface area contributed by atoms with Crippen molar-refractivity contribution >= 4 is 0 Å². The Morgan fingerprint density at radius 2 is 2.24 bits per heavy atom. The third-order valence-corrected chi connectivity index (χ3v) is 3.62. The van der Waals surface area contributed by atoms with Gasteiger partial charge in [-0.3, -0.25) is 0 Å². The number of hydrogen-bond acceptors (Lipinski definition) is 5. The van der Waals surface area contributed by atoms with Crippen LogP contribution in [0.1, 0.15) is 49.9 Å². The lowest BCUT2D eigenvalue weighted by Crippen LogP contribution is -2.14. The Morgan fingerprint density at radius 3 is 2.94 bits per heavy atom. The highest BCUT2D eigenvalue weighted by Crippen LogP contribution is 2.38. The van der Waals surface area contributed by atoms with Crippen LogP contribution in [-0.4, -0.2) is 22.9 Å². The summed E-state index contributed by atoms with van der Waals surface area (Å²) in [7, 11) is 0. The molecular formula is C12H19N3O2. The van der Waals surface area contributed by atoms with Crippen LogP contribution < -0.4 is 5.73 Å². The number of aryl methyl sites for hydroxylation is 1. The summed E-state index contributed by atoms with van der Waals surface area (Å²) < 4.78 is 10.8. The summed E-state index contributed by atoms with van der Waals surface area (Å²) in [4.78, 5) is 4.37. The van der Waals surface area contributed by atoms with E-state index in [4.69, 9.17) is 15.0 Å². The van der Waals surface area contributed by atoms with Crippen LogP contribution in [0, 0.1) is 5.92 Å². The van der Waals surface area contributed by atoms with E-state index in [1.165, 1.54) is 19.3 Å². The van der Waals surface area contributed by atoms with Crippen molar-refractivity contribution in [1.29, 1.82) is 0 Å². The van der Waals surface area contributed by atoms with Crippen molar-refractivity contribution < 1.29 is 9.26 Å². The molecule has 2 fully saturated rings. The van der Waals surface area contributed by atoms with Crippen molar-refractivity contribution in [2.45, 2.75) is 50.7 Å². The summed E-state index contributed by atoms with van der Waals surface area (Å²) in [5.74, 6) is 1.94. The molecule has 17 heavy (non-hydrogen) atoms. The van der Waals surface area contributed by atoms with E-state index in [1.54, 1.807) is 0 Å². The van der Waals surface area contributed by atoms with E-state index >= 15 is 0 Å². The maximum atomic E-state index is 6.02. The molecule has 1 aromatic heterocycles. The quantitative estimate of drug-likeness (QED) is 0.841. The minimum Gasteiger partial charge on any atom is -0.378 e. The number of ether oxygens (including phenoxy) is 1. The smallest absolute Gasteiger partial charge is 0.226 e. The Hall–Kier alpha value is -0.940. The topological polar surface area (TPSA) is 74.2 Å². The summed E-state index contributed by atoms with van der Waals surface area (Å²) in [5.41, 5.74) is 6.02. The van der Waals surface area contributed by atoms with E-state index in [1.807, 2.05) is 0 Å². The highest BCUT2D eigenvalue weighted by atomic mass is 16.5. The number of aromatic nitrogens is 2. The third-order valence-electron chi connectivity index (χ3n) is 3.62. The molecule has 2 N–H and O–H groups in total. The molecule has 1 saturated carbocycles. The predicted molar refractivity (Wildman–Crippen MR) is 61.2 cm³/mol. The van der Waals surface area contributed by atoms with E-state index in [-0.39, 0.29) is 6.04 Å². The largest absolute Gasteiger partial charge is 0.378 e. The van der Waals surface area contributed by atoms with Crippen molar-refractivity contribution in [2.75, 3.05) is 6.61 Å². The van der Waals surface area contributed by atoms with Gasteiger partial charge in [0, 0.05) is 13.0 Å². The van der Waals surface area contributed by atoms with Gasteiger partial charge in [0.05, 0.1) is 12.1 Å². The molecule has 0 bridgehead atoms. The van der Waals surface area contributed by atoms with Gasteiger partial charge in [-0.25, -0.2) is 0 Å². The number of hydrogen-bond donors (Lipinski definition) is 1. The van der Waals surface area contributed by atoms with Crippen molar-refractivity contribution in [3.63, 3.8) is 0 Å². The molecule has 2 atom stereocenters. The highest BCUT2D eigenvalue weighted by Gasteiger charge is 2.32. The van der Waals surface area contributed by atoms with Gasteiger partial charge in [0.15, 0.2) is 5.82 Å². The zero-order chi connectivity index (χ0) is 11.7. The number of nitrogens with zero attached hydrogens (tertiary/aromatic N) is 2. The molecule has 0 aromatic carbocycles. The summed E-state index contributed by atoms with van der Waals surface area (Å²) in [6.45, 7) is 0.895. The lowest BCUT2D eigenvalue weighted by Gasteiger charge is -2.05. The summed E-state index contributed by atoms with van der Waals surface area (Å²) in [6.07, 6.45) is 6.87. The van der Waals surface area contributed by atoms with Crippen molar-refractivity contribution in [3.05, 3.63) is 11.7 Å². The second-order valence-corrected chi connectivity index (χ2v) is 5.08. The molecule has 1 aliphatic carbocycles. The first-order valence-corrected chi connectivity index (χ1v) is 6.52. The van der Waals surface area contributed by atoms with Crippen LogP contribution in [0.4, 0.5) is 0 Å². The summed E-state index contributed by atoms with van der Waals surface area (Å²) >= 11 is 0. The molecule has 2 aliphatic rings. The number of nitrogens with two attached hydrogens (primary N) is 1. The van der Waals surface area contributed by atoms with Crippen LogP contribution in [0.5, 0.6) is 0 Å². The van der Waals surface area contributed by atoms with Gasteiger partial charge < -0.3 is 15.0 Å². The Bertz CT molecular complexity index is 370. The average molecular weight is 237 g/mol. The molecule has 0 spiro atoms. The highest BCUT2D eigenvalue weighted by molar-refractivity contribution is 4.99. The van der Waals surface area contributed by atoms with Gasteiger partial charge in [-0.05, 0) is 38.0 Å². The van der Waals surface area contributed by atoms with Crippen LogP contribution in [0.15, 0.2) is 4.52 Å². The Morgan fingerprint density at radius 1 is 1.35 bits per heavy atom. The molecule has 1 aromatic rings. The molecule has 94 valence electrons. The monoisotopic (exact) mass is 237 g/mol. The fourth-order valence-corrected chi connectivity index (χ4v) is 2.33. The molecule has 0 radical (unpaired) electrons. The molecule has 5 heteroatoms. The Labute approximate surface area is 101 Å². The van der Waals surface area contributed by atoms with E-state index in [9.17, 15) is 0 Å². The van der Waals surface area contributed by atoms with Crippen LogP contribution in [0.25, 0.3) is 0 Å². The minimum atomic E-state index is -0.0322. The minimum absolute atomic E-state index is 0.0322. The molecule has 1 saturated heterocycles. The predicted octanol–water partition coefficient (Wildman–Crippen LogP) is 1.59. The zero-order valence-corrected chi connectivity index (χ0v) is 9.97. The molecule has 1 aliphatic heterocycles. The molecule has 2 unspecified atom stereocenters. The van der Waals surface area contributed by atoms with Crippen molar-refractivity contribution in [2.24, 2.45) is 11.7 Å². The molecular weight excluding hydrogens is 218 g/mol. The Balaban J connectivity index is 1.52. The number of rotatable bonds is 5. The molecule has 5 nitrogen and oxygen atoms in total. The van der Waals surface area contributed by atoms with E-state index in [2.05, 4.69) is 10.1 Å². The maximum Gasteiger partial charge on any atom is 0.226 e. The molecule has 3 rings (SSSR count). The lowest BCUT2D eigenvalue weighted by atomic mass is 10.1. The van der Waals surface area contributed by atoms with Crippen molar-refractivity contribution in [3.8, 4) is 0 Å². The van der Waals surface area contributed by atoms with Gasteiger partial charge in [-0.2, -0.15) is 4.98 Å². The van der Waals surface area contributed by atoms with Gasteiger partial charge in [0.2, 0.25) is 5.89 Å². The zero-order valence-electron chi connectivity index (χ0n) is 9.97. The van der Waals surface area contributed by atoms with E-state index in [0.29, 0.717) is 23.7 Å². The second kappa shape index (κ2) is 4.74. The van der Waals surface area contributed by atoms with Crippen LogP contribution >= 0.6 is 0 Å². The van der Waals surface area contributed by atoms with Gasteiger partial charge in [0.1, 0.15) is 0 Å². The fraction of sp³-hybridized carbons (Fsp3) is 0.833. The molecule has 0 amide bonds. The van der Waals surface area contributed by atoms with E-state index in [0.717, 1.165) is 25.9 Å². The Kier molecular flexibility index (Phi) is 3.11. The first-order chi connectivity index (χ1) is 8.33. The van der Waals surface area contributed by atoms with Gasteiger partial charge in [0.25, 0.3) is 0 Å². The first kappa shape index (κ1) is 11.2. The van der Waals surface area contributed by atoms with Gasteiger partial charge >= 0.3 is 0 Å². The second-order valence-electron chi connectivity index (χ2n) is 5.08. The van der Waals surface area contributed by atoms with E-state index < -0.39 is 0 Å². The SMILES string of the molecule is NC(c1noc(CCC2CCCO2)n1)C1CC1. The summed E-state index contributed by atoms with van der Waals surface area (Å²) in [5, 5.41) is 3.97. The maximum absolute atomic E-state index is 6.02. The van der Waals surface area contributed by atoms with Crippen LogP contribution in [0.2, 0.25) is 0 Å². The van der Waals surface area contributed by atoms with Gasteiger partial charge in [-0.15, -0.1) is 0 Å². The lowest BCUT2D eigenvalue weighted by molar-refractivity contribution is 0.102. The average Bonchev–Trinajstić information content (AvgIpc) is 2.88. The van der Waals surface area contributed by atoms with Crippen molar-refractivity contribution in [1.82, 2.24) is 10.1 Å². The standard InChI is InChI=1S/C12H19N3O2/c13-11(8-3-4-8)12-14-10(17-15-12)6-5-9-2-1-7-16-9/h8-9,11H,1-7,13H2. The normalized spacial score (nSPS) is 26.3. The van der Waals surface area contributed by atoms with Gasteiger partial charge in [-0.1, -0.05) is 5.16 Å². The van der Waals surface area contributed by atoms with Crippen LogP contribution in [0.3, 0.4) is 0 Å². The summed E-state index contributed by atoms with van der Waals surface area (Å²) in [6, 6.07) is -0.0322. The molecule has 2 heterocycles. The third kappa shape index (κ3) is 2.66. The fourth-order valence-electron chi connectivity index (χ4n) is 2.33.